The Labute approximate surface area is 132 Å². The van der Waals surface area contributed by atoms with Gasteiger partial charge in [-0.3, -0.25) is 0 Å². The second-order valence-corrected chi connectivity index (χ2v) is 6.93. The molecule has 0 amide bonds. The molecule has 0 spiro atoms. The van der Waals surface area contributed by atoms with Gasteiger partial charge in [0, 0.05) is 15.5 Å². The molecule has 1 heterocycles. The molecule has 4 N–H and O–H groups in total. The first-order chi connectivity index (χ1) is 10.2. The number of hydrogen-bond acceptors (Lipinski definition) is 3. The van der Waals surface area contributed by atoms with E-state index in [1.54, 1.807) is 6.20 Å². The lowest BCUT2D eigenvalue weighted by Crippen LogP contribution is -2.00. The Kier molecular flexibility index (Phi) is 5.68. The topological polar surface area (TPSA) is 52.0 Å². The molecule has 0 radical (unpaired) electrons. The molecule has 0 atom stereocenters. The number of hydrogen-bond donors (Lipinski definition) is 2. The fourth-order valence-electron chi connectivity index (χ4n) is 2.99. The molecule has 1 aromatic heterocycles. The monoisotopic (exact) mass is 302 g/mol. The third-order valence-electron chi connectivity index (χ3n) is 4.30. The van der Waals surface area contributed by atoms with Gasteiger partial charge in [0.1, 0.15) is 0 Å². The maximum Gasteiger partial charge on any atom is 0.0349 e. The third kappa shape index (κ3) is 4.01. The van der Waals surface area contributed by atoms with Gasteiger partial charge in [0.2, 0.25) is 0 Å². The van der Waals surface area contributed by atoms with Crippen molar-refractivity contribution in [2.24, 2.45) is 17.4 Å². The smallest absolute Gasteiger partial charge is 0.0349 e. The van der Waals surface area contributed by atoms with Crippen LogP contribution in [0, 0.1) is 5.92 Å². The van der Waals surface area contributed by atoms with Crippen LogP contribution in [-0.4, -0.2) is 0 Å². The summed E-state index contributed by atoms with van der Waals surface area (Å²) in [6.07, 6.45) is 12.3. The molecule has 1 fully saturated rings. The van der Waals surface area contributed by atoms with Crippen molar-refractivity contribution in [3.63, 3.8) is 0 Å². The van der Waals surface area contributed by atoms with Gasteiger partial charge in [-0.05, 0) is 61.7 Å². The Hall–Kier alpha value is -1.48. The van der Waals surface area contributed by atoms with Crippen molar-refractivity contribution in [1.82, 2.24) is 0 Å². The molecule has 0 saturated heterocycles. The van der Waals surface area contributed by atoms with E-state index in [0.717, 1.165) is 22.8 Å². The average Bonchev–Trinajstić information content (AvgIpc) is 3.15. The lowest BCUT2D eigenvalue weighted by atomic mass is 10.0. The lowest BCUT2D eigenvalue weighted by Gasteiger charge is -2.08. The molecular formula is C18H26N2S. The summed E-state index contributed by atoms with van der Waals surface area (Å²) in [7, 11) is 0. The van der Waals surface area contributed by atoms with Gasteiger partial charge in [0.15, 0.2) is 0 Å². The Morgan fingerprint density at radius 2 is 2.05 bits per heavy atom. The van der Waals surface area contributed by atoms with Crippen molar-refractivity contribution < 1.29 is 0 Å². The van der Waals surface area contributed by atoms with Crippen molar-refractivity contribution in [1.29, 1.82) is 0 Å². The Bertz CT molecular complexity index is 558. The predicted molar refractivity (Wildman–Crippen MR) is 93.8 cm³/mol. The minimum Gasteiger partial charge on any atom is -0.405 e. The van der Waals surface area contributed by atoms with Gasteiger partial charge in [-0.2, -0.15) is 0 Å². The molecule has 3 heteroatoms. The van der Waals surface area contributed by atoms with Gasteiger partial charge in [0.05, 0.1) is 0 Å². The maximum absolute atomic E-state index is 6.06. The number of rotatable bonds is 5. The van der Waals surface area contributed by atoms with E-state index in [1.165, 1.54) is 41.9 Å². The molecule has 2 nitrogen and oxygen atoms in total. The summed E-state index contributed by atoms with van der Waals surface area (Å²) >= 11 is 1.88. The highest BCUT2D eigenvalue weighted by Crippen LogP contribution is 2.33. The molecule has 0 aliphatic heterocycles. The predicted octanol–water partition coefficient (Wildman–Crippen LogP) is 4.59. The zero-order chi connectivity index (χ0) is 15.2. The number of thiophene rings is 1. The molecule has 1 aliphatic rings. The minimum absolute atomic E-state index is 0.814. The van der Waals surface area contributed by atoms with Gasteiger partial charge in [-0.25, -0.2) is 0 Å². The van der Waals surface area contributed by atoms with Crippen molar-refractivity contribution in [3.8, 4) is 0 Å². The van der Waals surface area contributed by atoms with Crippen LogP contribution >= 0.6 is 11.3 Å². The molecule has 0 unspecified atom stereocenters. The standard InChI is InChI=1S/C18H26N2S/c1-3-17(20)13(2)16(10-11-19)18-9-8-15(21-18)12-14-6-4-5-7-14/h3,8-11,14H,4-7,12,19-20H2,1-2H3/b11-10-,16-13+,17-3-. The van der Waals surface area contributed by atoms with Crippen LogP contribution in [0.25, 0.3) is 5.57 Å². The van der Waals surface area contributed by atoms with Crippen LogP contribution in [-0.2, 0) is 6.42 Å². The molecule has 1 aromatic rings. The van der Waals surface area contributed by atoms with E-state index >= 15 is 0 Å². The summed E-state index contributed by atoms with van der Waals surface area (Å²) in [6, 6.07) is 4.47. The van der Waals surface area contributed by atoms with Gasteiger partial charge < -0.3 is 11.5 Å². The van der Waals surface area contributed by atoms with Gasteiger partial charge in [0.25, 0.3) is 0 Å². The molecule has 1 aliphatic carbocycles. The number of allylic oxidation sites excluding steroid dienone is 4. The van der Waals surface area contributed by atoms with Gasteiger partial charge in [-0.15, -0.1) is 11.3 Å². The summed E-state index contributed by atoms with van der Waals surface area (Å²) in [5.41, 5.74) is 14.7. The van der Waals surface area contributed by atoms with E-state index in [9.17, 15) is 0 Å². The van der Waals surface area contributed by atoms with E-state index in [2.05, 4.69) is 19.1 Å². The van der Waals surface area contributed by atoms with E-state index in [0.29, 0.717) is 0 Å². The van der Waals surface area contributed by atoms with Crippen LogP contribution in [0.2, 0.25) is 0 Å². The second-order valence-electron chi connectivity index (χ2n) is 5.76. The molecule has 2 rings (SSSR count). The van der Waals surface area contributed by atoms with E-state index in [-0.39, 0.29) is 0 Å². The molecule has 21 heavy (non-hydrogen) atoms. The summed E-state index contributed by atoms with van der Waals surface area (Å²) in [4.78, 5) is 2.73. The highest BCUT2D eigenvalue weighted by atomic mass is 32.1. The van der Waals surface area contributed by atoms with E-state index < -0.39 is 0 Å². The third-order valence-corrected chi connectivity index (χ3v) is 5.44. The zero-order valence-electron chi connectivity index (χ0n) is 13.1. The minimum atomic E-state index is 0.814. The first-order valence-electron chi connectivity index (χ1n) is 7.76. The van der Waals surface area contributed by atoms with Crippen LogP contribution < -0.4 is 11.5 Å². The SMILES string of the molecule is C/C=C(N)/C(C)=C(\C=C/N)c1ccc(CC2CCCC2)s1. The highest BCUT2D eigenvalue weighted by molar-refractivity contribution is 7.13. The van der Waals surface area contributed by atoms with E-state index in [1.807, 2.05) is 30.4 Å². The maximum atomic E-state index is 6.06. The average molecular weight is 302 g/mol. The molecule has 1 saturated carbocycles. The van der Waals surface area contributed by atoms with Gasteiger partial charge in [-0.1, -0.05) is 31.8 Å². The van der Waals surface area contributed by atoms with Crippen molar-refractivity contribution in [2.75, 3.05) is 0 Å². The summed E-state index contributed by atoms with van der Waals surface area (Å²) in [6.45, 7) is 4.02. The number of nitrogens with two attached hydrogens (primary N) is 2. The van der Waals surface area contributed by atoms with Crippen LogP contribution in [0.15, 0.2) is 41.8 Å². The summed E-state index contributed by atoms with van der Waals surface area (Å²) < 4.78 is 0. The molecule has 0 bridgehead atoms. The molecular weight excluding hydrogens is 276 g/mol. The highest BCUT2D eigenvalue weighted by Gasteiger charge is 2.17. The van der Waals surface area contributed by atoms with Crippen molar-refractivity contribution >= 4 is 16.9 Å². The fourth-order valence-corrected chi connectivity index (χ4v) is 4.20. The molecule has 0 aromatic carbocycles. The van der Waals surface area contributed by atoms with Gasteiger partial charge >= 0.3 is 0 Å². The van der Waals surface area contributed by atoms with Crippen molar-refractivity contribution in [2.45, 2.75) is 46.0 Å². The quantitative estimate of drug-likeness (QED) is 0.782. The molecule has 114 valence electrons. The lowest BCUT2D eigenvalue weighted by molar-refractivity contribution is 0.551. The Balaban J connectivity index is 2.23. The second kappa shape index (κ2) is 7.51. The first kappa shape index (κ1) is 15.9. The first-order valence-corrected chi connectivity index (χ1v) is 8.57. The Morgan fingerprint density at radius 3 is 2.67 bits per heavy atom. The summed E-state index contributed by atoms with van der Waals surface area (Å²) in [5, 5.41) is 0. The van der Waals surface area contributed by atoms with Crippen LogP contribution in [0.1, 0.15) is 49.3 Å². The van der Waals surface area contributed by atoms with Crippen molar-refractivity contribution in [3.05, 3.63) is 51.5 Å². The largest absolute Gasteiger partial charge is 0.405 e. The zero-order valence-corrected chi connectivity index (χ0v) is 13.9. The normalized spacial score (nSPS) is 18.5. The van der Waals surface area contributed by atoms with E-state index in [4.69, 9.17) is 11.5 Å². The Morgan fingerprint density at radius 1 is 1.33 bits per heavy atom. The fraction of sp³-hybridized carbons (Fsp3) is 0.444. The van der Waals surface area contributed by atoms with Crippen LogP contribution in [0.4, 0.5) is 0 Å². The van der Waals surface area contributed by atoms with Crippen LogP contribution in [0.5, 0.6) is 0 Å². The van der Waals surface area contributed by atoms with Crippen LogP contribution in [0.3, 0.4) is 0 Å². The summed E-state index contributed by atoms with van der Waals surface area (Å²) in [5.74, 6) is 0.885.